The van der Waals surface area contributed by atoms with Gasteiger partial charge in [-0.05, 0) is 36.8 Å². The molecule has 0 bridgehead atoms. The van der Waals surface area contributed by atoms with Crippen LogP contribution in [0.3, 0.4) is 0 Å². The molecule has 2 aromatic carbocycles. The molecule has 0 fully saturated rings. The van der Waals surface area contributed by atoms with Crippen LogP contribution in [0.1, 0.15) is 11.1 Å². The normalized spacial score (nSPS) is 10.3. The number of hydrogen-bond donors (Lipinski definition) is 2. The summed E-state index contributed by atoms with van der Waals surface area (Å²) in [5.74, 6) is 0. The van der Waals surface area contributed by atoms with Gasteiger partial charge >= 0.3 is 0 Å². The van der Waals surface area contributed by atoms with Crippen molar-refractivity contribution in [3.63, 3.8) is 0 Å². The third-order valence-electron chi connectivity index (χ3n) is 2.73. The Labute approximate surface area is 131 Å². The largest absolute Gasteiger partial charge is 0.389 e. The Bertz CT molecular complexity index is 643. The van der Waals surface area contributed by atoms with E-state index < -0.39 is 0 Å². The topological polar surface area (TPSA) is 38.0 Å². The standard InChI is InChI=1S/C14H12BrClN2S/c1-8-3-2-4-10(14(17)19)13(8)18-12-7-9(15)5-6-11(12)16/h2-7,18H,1H3,(H2,17,19). The maximum Gasteiger partial charge on any atom is 0.106 e. The Morgan fingerprint density at radius 2 is 2.05 bits per heavy atom. The Kier molecular flexibility index (Phi) is 4.45. The van der Waals surface area contributed by atoms with Crippen LogP contribution in [0.2, 0.25) is 5.02 Å². The summed E-state index contributed by atoms with van der Waals surface area (Å²) >= 11 is 14.7. The van der Waals surface area contributed by atoms with Gasteiger partial charge in [0.15, 0.2) is 0 Å². The molecule has 2 aromatic rings. The molecule has 0 saturated heterocycles. The first kappa shape index (κ1) is 14.3. The van der Waals surface area contributed by atoms with Gasteiger partial charge in [0, 0.05) is 10.0 Å². The molecule has 2 rings (SSSR count). The summed E-state index contributed by atoms with van der Waals surface area (Å²) in [5, 5.41) is 3.94. The third-order valence-corrected chi connectivity index (χ3v) is 3.77. The quantitative estimate of drug-likeness (QED) is 0.778. The maximum absolute atomic E-state index is 6.18. The van der Waals surface area contributed by atoms with Crippen molar-refractivity contribution in [3.8, 4) is 0 Å². The van der Waals surface area contributed by atoms with Crippen LogP contribution in [0, 0.1) is 6.92 Å². The molecule has 0 amide bonds. The molecule has 0 saturated carbocycles. The number of hydrogen-bond acceptors (Lipinski definition) is 2. The lowest BCUT2D eigenvalue weighted by molar-refractivity contribution is 1.41. The summed E-state index contributed by atoms with van der Waals surface area (Å²) in [4.78, 5) is 0.359. The van der Waals surface area contributed by atoms with E-state index in [1.807, 2.05) is 43.3 Å². The molecule has 0 atom stereocenters. The first-order valence-corrected chi connectivity index (χ1v) is 7.18. The van der Waals surface area contributed by atoms with Crippen molar-refractivity contribution in [1.82, 2.24) is 0 Å². The Morgan fingerprint density at radius 3 is 2.74 bits per heavy atom. The molecule has 0 aliphatic rings. The van der Waals surface area contributed by atoms with E-state index in [2.05, 4.69) is 21.2 Å². The molecule has 0 spiro atoms. The van der Waals surface area contributed by atoms with Gasteiger partial charge in [0.2, 0.25) is 0 Å². The maximum atomic E-state index is 6.18. The van der Waals surface area contributed by atoms with E-state index in [-0.39, 0.29) is 0 Å². The molecule has 0 radical (unpaired) electrons. The summed E-state index contributed by atoms with van der Waals surface area (Å²) in [6, 6.07) is 11.4. The molecule has 19 heavy (non-hydrogen) atoms. The summed E-state index contributed by atoms with van der Waals surface area (Å²) < 4.78 is 0.949. The van der Waals surface area contributed by atoms with E-state index in [9.17, 15) is 0 Å². The molecular weight excluding hydrogens is 344 g/mol. The predicted octanol–water partition coefficient (Wildman–Crippen LogP) is 4.79. The second-order valence-electron chi connectivity index (χ2n) is 4.11. The zero-order chi connectivity index (χ0) is 14.0. The van der Waals surface area contributed by atoms with Crippen LogP contribution >= 0.6 is 39.7 Å². The fraction of sp³-hybridized carbons (Fsp3) is 0.0714. The van der Waals surface area contributed by atoms with E-state index in [0.717, 1.165) is 27.0 Å². The van der Waals surface area contributed by atoms with Gasteiger partial charge < -0.3 is 11.1 Å². The molecule has 3 N–H and O–H groups in total. The first-order valence-electron chi connectivity index (χ1n) is 5.60. The third kappa shape index (κ3) is 3.26. The molecule has 0 unspecified atom stereocenters. The van der Waals surface area contributed by atoms with Crippen molar-refractivity contribution in [1.29, 1.82) is 0 Å². The second kappa shape index (κ2) is 5.90. The smallest absolute Gasteiger partial charge is 0.106 e. The van der Waals surface area contributed by atoms with Crippen molar-refractivity contribution in [2.75, 3.05) is 5.32 Å². The van der Waals surface area contributed by atoms with Gasteiger partial charge in [0.1, 0.15) is 4.99 Å². The fourth-order valence-corrected chi connectivity index (χ4v) is 2.46. The van der Waals surface area contributed by atoms with Crippen LogP contribution in [0.15, 0.2) is 40.9 Å². The minimum absolute atomic E-state index is 0.359. The molecular formula is C14H12BrClN2S. The molecule has 5 heteroatoms. The number of aryl methyl sites for hydroxylation is 1. The summed E-state index contributed by atoms with van der Waals surface area (Å²) in [5.41, 5.74) is 9.31. The molecule has 0 aliphatic carbocycles. The van der Waals surface area contributed by atoms with Crippen molar-refractivity contribution in [2.45, 2.75) is 6.92 Å². The van der Waals surface area contributed by atoms with Gasteiger partial charge in [-0.15, -0.1) is 0 Å². The number of anilines is 2. The monoisotopic (exact) mass is 354 g/mol. The van der Waals surface area contributed by atoms with Crippen LogP contribution in [0.5, 0.6) is 0 Å². The Hall–Kier alpha value is -1.10. The highest BCUT2D eigenvalue weighted by molar-refractivity contribution is 9.10. The average Bonchev–Trinajstić information content (AvgIpc) is 2.35. The van der Waals surface area contributed by atoms with Crippen molar-refractivity contribution in [2.24, 2.45) is 5.73 Å². The Balaban J connectivity index is 2.49. The lowest BCUT2D eigenvalue weighted by Gasteiger charge is -2.15. The predicted molar refractivity (Wildman–Crippen MR) is 89.5 cm³/mol. The molecule has 2 nitrogen and oxygen atoms in total. The minimum atomic E-state index is 0.359. The number of benzene rings is 2. The van der Waals surface area contributed by atoms with Crippen LogP contribution in [-0.4, -0.2) is 4.99 Å². The summed E-state index contributed by atoms with van der Waals surface area (Å²) in [6.07, 6.45) is 0. The fourth-order valence-electron chi connectivity index (χ4n) is 1.77. The molecule has 0 aromatic heterocycles. The van der Waals surface area contributed by atoms with Gasteiger partial charge in [0.25, 0.3) is 0 Å². The number of thiocarbonyl (C=S) groups is 1. The number of rotatable bonds is 3. The zero-order valence-electron chi connectivity index (χ0n) is 10.2. The van der Waals surface area contributed by atoms with Gasteiger partial charge in [-0.25, -0.2) is 0 Å². The van der Waals surface area contributed by atoms with Gasteiger partial charge in [0.05, 0.1) is 16.4 Å². The highest BCUT2D eigenvalue weighted by Crippen LogP contribution is 2.31. The molecule has 98 valence electrons. The highest BCUT2D eigenvalue weighted by Gasteiger charge is 2.10. The van der Waals surface area contributed by atoms with Crippen LogP contribution < -0.4 is 11.1 Å². The zero-order valence-corrected chi connectivity index (χ0v) is 13.4. The van der Waals surface area contributed by atoms with E-state index in [0.29, 0.717) is 10.0 Å². The van der Waals surface area contributed by atoms with Crippen LogP contribution in [0.25, 0.3) is 0 Å². The van der Waals surface area contributed by atoms with Crippen LogP contribution in [-0.2, 0) is 0 Å². The minimum Gasteiger partial charge on any atom is -0.389 e. The lowest BCUT2D eigenvalue weighted by atomic mass is 10.1. The molecule has 0 heterocycles. The lowest BCUT2D eigenvalue weighted by Crippen LogP contribution is -2.12. The highest BCUT2D eigenvalue weighted by atomic mass is 79.9. The second-order valence-corrected chi connectivity index (χ2v) is 5.87. The number of nitrogens with two attached hydrogens (primary N) is 1. The average molecular weight is 356 g/mol. The number of para-hydroxylation sites is 1. The van der Waals surface area contributed by atoms with E-state index in [1.165, 1.54) is 0 Å². The van der Waals surface area contributed by atoms with Crippen molar-refractivity contribution in [3.05, 3.63) is 57.0 Å². The molecule has 0 aliphatic heterocycles. The van der Waals surface area contributed by atoms with E-state index >= 15 is 0 Å². The van der Waals surface area contributed by atoms with Crippen molar-refractivity contribution < 1.29 is 0 Å². The van der Waals surface area contributed by atoms with Gasteiger partial charge in [-0.2, -0.15) is 0 Å². The van der Waals surface area contributed by atoms with Crippen LogP contribution in [0.4, 0.5) is 11.4 Å². The van der Waals surface area contributed by atoms with Gasteiger partial charge in [-0.3, -0.25) is 0 Å². The van der Waals surface area contributed by atoms with Crippen molar-refractivity contribution >= 4 is 56.1 Å². The SMILES string of the molecule is Cc1cccc(C(N)=S)c1Nc1cc(Br)ccc1Cl. The van der Waals surface area contributed by atoms with E-state index in [4.69, 9.17) is 29.6 Å². The number of nitrogens with one attached hydrogen (secondary N) is 1. The number of halogens is 2. The first-order chi connectivity index (χ1) is 8.99. The summed E-state index contributed by atoms with van der Waals surface area (Å²) in [6.45, 7) is 2.00. The van der Waals surface area contributed by atoms with Gasteiger partial charge in [-0.1, -0.05) is 51.9 Å². The van der Waals surface area contributed by atoms with E-state index in [1.54, 1.807) is 0 Å². The summed E-state index contributed by atoms with van der Waals surface area (Å²) in [7, 11) is 0. The Morgan fingerprint density at radius 1 is 1.32 bits per heavy atom.